The zero-order chi connectivity index (χ0) is 17.4. The lowest BCUT2D eigenvalue weighted by molar-refractivity contribution is -0.153. The van der Waals surface area contributed by atoms with Crippen LogP contribution in [-0.4, -0.2) is 58.6 Å². The highest BCUT2D eigenvalue weighted by Crippen LogP contribution is 2.26. The second-order valence-corrected chi connectivity index (χ2v) is 6.15. The molecule has 25 heavy (non-hydrogen) atoms. The molecule has 2 aromatic rings. The number of nitrogens with zero attached hydrogens (tertiary/aromatic N) is 3. The number of hydrogen-bond donors (Lipinski definition) is 0. The Kier molecular flexibility index (Phi) is 3.96. The normalized spacial score (nSPS) is 23.0. The van der Waals surface area contributed by atoms with E-state index in [0.717, 1.165) is 5.56 Å². The third-order valence-electron chi connectivity index (χ3n) is 4.58. The Bertz CT molecular complexity index is 778. The Morgan fingerprint density at radius 2 is 2.04 bits per heavy atom. The summed E-state index contributed by atoms with van der Waals surface area (Å²) in [5.74, 6) is -0.570. The van der Waals surface area contributed by atoms with Gasteiger partial charge < -0.3 is 19.1 Å². The number of rotatable bonds is 3. The second kappa shape index (κ2) is 6.29. The van der Waals surface area contributed by atoms with Crippen molar-refractivity contribution in [1.82, 2.24) is 15.0 Å². The lowest BCUT2D eigenvalue weighted by Gasteiger charge is -2.36. The van der Waals surface area contributed by atoms with E-state index in [1.807, 2.05) is 0 Å². The van der Waals surface area contributed by atoms with E-state index in [1.54, 1.807) is 21.9 Å². The van der Waals surface area contributed by atoms with Crippen molar-refractivity contribution in [2.75, 3.05) is 19.7 Å². The Labute approximate surface area is 142 Å². The Morgan fingerprint density at radius 3 is 2.76 bits per heavy atom. The van der Waals surface area contributed by atoms with Crippen molar-refractivity contribution >= 4 is 11.8 Å². The summed E-state index contributed by atoms with van der Waals surface area (Å²) in [5, 5.41) is 3.55. The lowest BCUT2D eigenvalue weighted by Crippen LogP contribution is -2.53. The van der Waals surface area contributed by atoms with Gasteiger partial charge in [-0.3, -0.25) is 9.59 Å². The molecule has 1 aromatic carbocycles. The number of hydrogen-bond acceptors (Lipinski definition) is 5. The molecule has 2 atom stereocenters. The van der Waals surface area contributed by atoms with Crippen LogP contribution in [-0.2, 0) is 16.1 Å². The topological polar surface area (TPSA) is 75.9 Å². The summed E-state index contributed by atoms with van der Waals surface area (Å²) < 4.78 is 23.6. The van der Waals surface area contributed by atoms with Gasteiger partial charge in [-0.2, -0.15) is 0 Å². The van der Waals surface area contributed by atoms with Gasteiger partial charge >= 0.3 is 0 Å². The highest BCUT2D eigenvalue weighted by Gasteiger charge is 2.45. The molecule has 7 nitrogen and oxygen atoms in total. The van der Waals surface area contributed by atoms with Gasteiger partial charge in [0.2, 0.25) is 11.7 Å². The molecule has 2 fully saturated rings. The van der Waals surface area contributed by atoms with E-state index in [9.17, 15) is 14.0 Å². The Morgan fingerprint density at radius 1 is 1.24 bits per heavy atom. The van der Waals surface area contributed by atoms with Crippen molar-refractivity contribution in [2.24, 2.45) is 0 Å². The number of halogens is 1. The van der Waals surface area contributed by atoms with Crippen LogP contribution in [0.2, 0.25) is 0 Å². The third kappa shape index (κ3) is 3.00. The molecule has 130 valence electrons. The quantitative estimate of drug-likeness (QED) is 0.832. The molecule has 2 aliphatic heterocycles. The zero-order valence-electron chi connectivity index (χ0n) is 13.3. The predicted octanol–water partition coefficient (Wildman–Crippen LogP) is 1.07. The smallest absolute Gasteiger partial charge is 0.292 e. The summed E-state index contributed by atoms with van der Waals surface area (Å²) in [4.78, 5) is 28.0. The van der Waals surface area contributed by atoms with E-state index in [2.05, 4.69) is 5.16 Å². The van der Waals surface area contributed by atoms with Crippen molar-refractivity contribution < 1.29 is 23.2 Å². The Balaban J connectivity index is 1.51. The van der Waals surface area contributed by atoms with Crippen molar-refractivity contribution in [1.29, 1.82) is 0 Å². The summed E-state index contributed by atoms with van der Waals surface area (Å²) >= 11 is 0. The van der Waals surface area contributed by atoms with E-state index < -0.39 is 0 Å². The summed E-state index contributed by atoms with van der Waals surface area (Å²) in [7, 11) is 0. The van der Waals surface area contributed by atoms with Gasteiger partial charge in [-0.25, -0.2) is 4.39 Å². The Hall–Kier alpha value is -2.74. The number of ether oxygens (including phenoxy) is 1. The molecule has 0 N–H and O–H groups in total. The highest BCUT2D eigenvalue weighted by atomic mass is 19.1. The van der Waals surface area contributed by atoms with Crippen LogP contribution in [0.5, 0.6) is 0 Å². The minimum absolute atomic E-state index is 0.0211. The monoisotopic (exact) mass is 345 g/mol. The lowest BCUT2D eigenvalue weighted by atomic mass is 10.1. The molecule has 0 unspecified atom stereocenters. The molecule has 0 spiro atoms. The van der Waals surface area contributed by atoms with Crippen LogP contribution in [0.1, 0.15) is 16.1 Å². The van der Waals surface area contributed by atoms with Crippen molar-refractivity contribution in [3.05, 3.63) is 53.7 Å². The van der Waals surface area contributed by atoms with E-state index in [-0.39, 0.29) is 42.1 Å². The first-order chi connectivity index (χ1) is 12.1. The molecule has 0 bridgehead atoms. The molecule has 4 rings (SSSR count). The number of benzene rings is 1. The molecule has 3 heterocycles. The number of likely N-dealkylation sites (tertiary alicyclic amines) is 1. The van der Waals surface area contributed by atoms with E-state index in [0.29, 0.717) is 19.6 Å². The van der Waals surface area contributed by atoms with Gasteiger partial charge in [-0.05, 0) is 17.7 Å². The minimum Gasteiger partial charge on any atom is -0.364 e. The molecule has 0 aliphatic carbocycles. The maximum atomic E-state index is 13.1. The number of fused-ring (bicyclic) bond motifs is 1. The van der Waals surface area contributed by atoms with Crippen LogP contribution in [0, 0.1) is 5.82 Å². The van der Waals surface area contributed by atoms with Crippen molar-refractivity contribution in [2.45, 2.75) is 18.7 Å². The van der Waals surface area contributed by atoms with Gasteiger partial charge in [0.1, 0.15) is 12.4 Å². The molecular formula is C17H16FN3O4. The molecule has 0 saturated carbocycles. The number of carbonyl (C=O) groups excluding carboxylic acids is 2. The minimum atomic E-state index is -0.320. The van der Waals surface area contributed by atoms with Gasteiger partial charge in [-0.1, -0.05) is 17.3 Å². The summed E-state index contributed by atoms with van der Waals surface area (Å²) in [6.07, 6.45) is 1.17. The molecule has 2 saturated heterocycles. The van der Waals surface area contributed by atoms with E-state index in [4.69, 9.17) is 9.26 Å². The summed E-state index contributed by atoms with van der Waals surface area (Å²) in [6.45, 7) is 1.08. The number of aromatic nitrogens is 1. The molecule has 2 amide bonds. The first-order valence-electron chi connectivity index (χ1n) is 7.97. The summed E-state index contributed by atoms with van der Waals surface area (Å²) in [5.41, 5.74) is 0.829. The fourth-order valence-corrected chi connectivity index (χ4v) is 3.31. The number of morpholine rings is 1. The van der Waals surface area contributed by atoms with E-state index >= 15 is 0 Å². The maximum Gasteiger partial charge on any atom is 0.292 e. The number of carbonyl (C=O) groups is 2. The van der Waals surface area contributed by atoms with Crippen LogP contribution in [0.3, 0.4) is 0 Å². The third-order valence-corrected chi connectivity index (χ3v) is 4.58. The average molecular weight is 345 g/mol. The van der Waals surface area contributed by atoms with Gasteiger partial charge in [0.15, 0.2) is 0 Å². The largest absolute Gasteiger partial charge is 0.364 e. The van der Waals surface area contributed by atoms with Crippen LogP contribution in [0.4, 0.5) is 4.39 Å². The molecule has 2 aliphatic rings. The van der Waals surface area contributed by atoms with Crippen LogP contribution in [0.25, 0.3) is 0 Å². The average Bonchev–Trinajstić information content (AvgIpc) is 3.28. The van der Waals surface area contributed by atoms with Gasteiger partial charge in [0, 0.05) is 25.7 Å². The van der Waals surface area contributed by atoms with Gasteiger partial charge in [-0.15, -0.1) is 0 Å². The fraction of sp³-hybridized carbons (Fsp3) is 0.353. The molecular weight excluding hydrogens is 329 g/mol. The van der Waals surface area contributed by atoms with Crippen LogP contribution < -0.4 is 0 Å². The van der Waals surface area contributed by atoms with E-state index in [1.165, 1.54) is 24.4 Å². The SMILES string of the molecule is O=C(c1ccno1)N1C[C@@H]2OCC(=O)N(Cc3ccc(F)cc3)[C@@H]2C1. The highest BCUT2D eigenvalue weighted by molar-refractivity contribution is 5.91. The predicted molar refractivity (Wildman–Crippen MR) is 82.9 cm³/mol. The van der Waals surface area contributed by atoms with Gasteiger partial charge in [0.05, 0.1) is 18.3 Å². The van der Waals surface area contributed by atoms with Crippen molar-refractivity contribution in [3.8, 4) is 0 Å². The first kappa shape index (κ1) is 15.8. The van der Waals surface area contributed by atoms with Crippen LogP contribution >= 0.6 is 0 Å². The zero-order valence-corrected chi connectivity index (χ0v) is 13.3. The fourth-order valence-electron chi connectivity index (χ4n) is 3.31. The first-order valence-corrected chi connectivity index (χ1v) is 7.97. The standard InChI is InChI=1S/C17H16FN3O4/c18-12-3-1-11(2-4-12)7-21-13-8-20(9-15(13)24-10-16(21)22)17(23)14-5-6-19-25-14/h1-6,13,15H,7-10H2/t13-,15+/m1/s1. The van der Waals surface area contributed by atoms with Crippen LogP contribution in [0.15, 0.2) is 41.1 Å². The molecule has 1 aromatic heterocycles. The molecule has 8 heteroatoms. The van der Waals surface area contributed by atoms with Crippen molar-refractivity contribution in [3.63, 3.8) is 0 Å². The van der Waals surface area contributed by atoms with Gasteiger partial charge in [0.25, 0.3) is 5.91 Å². The number of amides is 2. The second-order valence-electron chi connectivity index (χ2n) is 6.15. The maximum absolute atomic E-state index is 13.1. The molecule has 0 radical (unpaired) electrons. The summed E-state index contributed by atoms with van der Waals surface area (Å²) in [6, 6.07) is 7.31.